The lowest BCUT2D eigenvalue weighted by Gasteiger charge is -2.49. The highest BCUT2D eigenvalue weighted by atomic mass is 35.5. The molecule has 2 aliphatic heterocycles. The van der Waals surface area contributed by atoms with Crippen molar-refractivity contribution in [3.63, 3.8) is 0 Å². The van der Waals surface area contributed by atoms with Gasteiger partial charge >= 0.3 is 0 Å². The van der Waals surface area contributed by atoms with Gasteiger partial charge in [0.2, 0.25) is 10.0 Å². The van der Waals surface area contributed by atoms with E-state index in [9.17, 15) is 21.2 Å². The van der Waals surface area contributed by atoms with Crippen molar-refractivity contribution in [2.75, 3.05) is 25.4 Å². The van der Waals surface area contributed by atoms with Crippen molar-refractivity contribution in [2.24, 2.45) is 5.92 Å². The first-order valence-corrected chi connectivity index (χ1v) is 13.9. The Balaban J connectivity index is 1.85. The molecule has 2 heterocycles. The first-order valence-electron chi connectivity index (χ1n) is 10.4. The lowest BCUT2D eigenvalue weighted by Crippen LogP contribution is -2.61. The number of nitrogens with one attached hydrogen (secondary N) is 1. The third kappa shape index (κ3) is 4.14. The molecular weight excluding hydrogens is 498 g/mol. The number of halogens is 3. The Kier molecular flexibility index (Phi) is 6.47. The predicted molar refractivity (Wildman–Crippen MR) is 119 cm³/mol. The van der Waals surface area contributed by atoms with E-state index < -0.39 is 47.9 Å². The molecule has 0 amide bonds. The van der Waals surface area contributed by atoms with Crippen molar-refractivity contribution in [3.05, 3.63) is 58.6 Å². The number of hydrogen-bond acceptors (Lipinski definition) is 6. The second kappa shape index (κ2) is 8.77. The van der Waals surface area contributed by atoms with Gasteiger partial charge in [-0.1, -0.05) is 18.5 Å². The van der Waals surface area contributed by atoms with Gasteiger partial charge in [-0.3, -0.25) is 0 Å². The molecule has 2 aromatic carbocycles. The Bertz CT molecular complexity index is 1270. The molecule has 2 aliphatic rings. The fraction of sp³-hybridized carbons (Fsp3) is 0.429. The Labute approximate surface area is 196 Å². The number of benzene rings is 2. The van der Waals surface area contributed by atoms with Gasteiger partial charge < -0.3 is 4.74 Å². The summed E-state index contributed by atoms with van der Waals surface area (Å²) in [4.78, 5) is 2.38. The van der Waals surface area contributed by atoms with E-state index in [2.05, 4.69) is 4.83 Å². The van der Waals surface area contributed by atoms with Crippen LogP contribution < -0.4 is 9.57 Å². The fourth-order valence-electron chi connectivity index (χ4n) is 4.69. The van der Waals surface area contributed by atoms with Crippen LogP contribution in [0.2, 0.25) is 5.02 Å². The number of rotatable bonds is 6. The lowest BCUT2D eigenvalue weighted by molar-refractivity contribution is 0.0574. The van der Waals surface area contributed by atoms with Gasteiger partial charge in [0, 0.05) is 24.0 Å². The summed E-state index contributed by atoms with van der Waals surface area (Å²) in [5, 5.41) is 1.73. The number of sulfonamides is 1. The molecule has 2 atom stereocenters. The van der Waals surface area contributed by atoms with Crippen LogP contribution in [-0.4, -0.2) is 47.3 Å². The third-order valence-electron chi connectivity index (χ3n) is 6.11. The zero-order chi connectivity index (χ0) is 24.0. The predicted octanol–water partition coefficient (Wildman–Crippen LogP) is 3.25. The highest BCUT2D eigenvalue weighted by Crippen LogP contribution is 2.54. The van der Waals surface area contributed by atoms with Crippen LogP contribution in [0.25, 0.3) is 0 Å². The second-order valence-corrected chi connectivity index (χ2v) is 12.7. The molecule has 0 saturated carbocycles. The zero-order valence-electron chi connectivity index (χ0n) is 17.7. The van der Waals surface area contributed by atoms with Crippen LogP contribution >= 0.6 is 11.6 Å². The number of nitrogens with zero attached hydrogens (tertiary/aromatic N) is 1. The average Bonchev–Trinajstić information content (AvgIpc) is 2.75. The van der Waals surface area contributed by atoms with Crippen LogP contribution in [0.15, 0.2) is 41.3 Å². The van der Waals surface area contributed by atoms with E-state index in [-0.39, 0.29) is 42.3 Å². The summed E-state index contributed by atoms with van der Waals surface area (Å²) in [6, 6.07) is 7.26. The quantitative estimate of drug-likeness (QED) is 0.628. The van der Waals surface area contributed by atoms with Crippen LogP contribution in [0.1, 0.15) is 25.3 Å². The van der Waals surface area contributed by atoms with E-state index in [1.807, 2.05) is 0 Å². The number of sulfone groups is 1. The minimum atomic E-state index is -4.28. The van der Waals surface area contributed by atoms with Crippen molar-refractivity contribution in [3.8, 4) is 5.75 Å². The number of piperidine rings is 1. The molecule has 1 N–H and O–H groups in total. The molecule has 0 aliphatic carbocycles. The number of hydrogen-bond donors (Lipinski definition) is 1. The standard InChI is InChI=1S/C21H23ClF2N2O5S2/c1-2-11-32(27,28)25-26-10-9-21(33(29,30)16-5-3-15(22)4-6-16)14(12-26)13-31-20-18(24)8-7-17(23)19(20)21/h3-8,14,25H,2,9-13H2,1H3/t14-,21+/m1/s1. The molecule has 0 unspecified atom stereocenters. The first-order chi connectivity index (χ1) is 15.5. The monoisotopic (exact) mass is 520 g/mol. The zero-order valence-corrected chi connectivity index (χ0v) is 20.1. The SMILES string of the molecule is CCCS(=O)(=O)NN1CC[C@@]2(S(=O)(=O)c3ccc(Cl)cc3)c3c(F)ccc(F)c3OC[C@H]2C1. The second-order valence-electron chi connectivity index (χ2n) is 8.19. The van der Waals surface area contributed by atoms with Crippen molar-refractivity contribution in [1.29, 1.82) is 0 Å². The van der Waals surface area contributed by atoms with Gasteiger partial charge in [-0.05, 0) is 49.2 Å². The van der Waals surface area contributed by atoms with Crippen molar-refractivity contribution < 1.29 is 30.4 Å². The van der Waals surface area contributed by atoms with E-state index in [1.54, 1.807) is 6.92 Å². The van der Waals surface area contributed by atoms with Crippen molar-refractivity contribution in [1.82, 2.24) is 9.84 Å². The first kappa shape index (κ1) is 24.3. The van der Waals surface area contributed by atoms with E-state index in [1.165, 1.54) is 29.3 Å². The average molecular weight is 521 g/mol. The Morgan fingerprint density at radius 3 is 2.45 bits per heavy atom. The topological polar surface area (TPSA) is 92.8 Å². The molecule has 1 fully saturated rings. The lowest BCUT2D eigenvalue weighted by atomic mass is 9.78. The summed E-state index contributed by atoms with van der Waals surface area (Å²) in [6.45, 7) is 1.40. The highest BCUT2D eigenvalue weighted by molar-refractivity contribution is 7.92. The summed E-state index contributed by atoms with van der Waals surface area (Å²) < 4.78 is 86.0. The normalized spacial score (nSPS) is 23.5. The minimum Gasteiger partial charge on any atom is -0.490 e. The van der Waals surface area contributed by atoms with Gasteiger partial charge in [0.05, 0.1) is 22.8 Å². The molecule has 12 heteroatoms. The fourth-order valence-corrected chi connectivity index (χ4v) is 8.31. The molecule has 0 bridgehead atoms. The molecule has 1 saturated heterocycles. The van der Waals surface area contributed by atoms with Crippen LogP contribution in [0.5, 0.6) is 5.75 Å². The molecule has 33 heavy (non-hydrogen) atoms. The van der Waals surface area contributed by atoms with Gasteiger partial charge in [-0.15, -0.1) is 4.83 Å². The summed E-state index contributed by atoms with van der Waals surface area (Å²) >= 11 is 5.92. The molecule has 4 rings (SSSR count). The highest BCUT2D eigenvalue weighted by Gasteiger charge is 2.59. The van der Waals surface area contributed by atoms with Gasteiger partial charge in [0.25, 0.3) is 0 Å². The summed E-state index contributed by atoms with van der Waals surface area (Å²) in [5.74, 6) is -3.15. The van der Waals surface area contributed by atoms with Gasteiger partial charge in [0.1, 0.15) is 10.6 Å². The minimum absolute atomic E-state index is 0.0261. The van der Waals surface area contributed by atoms with E-state index in [0.717, 1.165) is 12.1 Å². The van der Waals surface area contributed by atoms with E-state index in [4.69, 9.17) is 16.3 Å². The summed E-state index contributed by atoms with van der Waals surface area (Å²) in [5.41, 5.74) is -0.357. The van der Waals surface area contributed by atoms with Crippen molar-refractivity contribution in [2.45, 2.75) is 29.4 Å². The third-order valence-corrected chi connectivity index (χ3v) is 10.4. The van der Waals surface area contributed by atoms with Crippen molar-refractivity contribution >= 4 is 31.5 Å². The van der Waals surface area contributed by atoms with Gasteiger partial charge in [-0.2, -0.15) is 0 Å². The van der Waals surface area contributed by atoms with E-state index in [0.29, 0.717) is 11.4 Å². The molecular formula is C21H23ClF2N2O5S2. The largest absolute Gasteiger partial charge is 0.490 e. The number of ether oxygens (including phenoxy) is 1. The molecule has 180 valence electrons. The Morgan fingerprint density at radius 2 is 1.79 bits per heavy atom. The molecule has 0 spiro atoms. The smallest absolute Gasteiger partial charge is 0.224 e. The Morgan fingerprint density at radius 1 is 1.12 bits per heavy atom. The molecule has 2 aromatic rings. The molecule has 0 aromatic heterocycles. The van der Waals surface area contributed by atoms with Crippen LogP contribution in [0, 0.1) is 17.6 Å². The van der Waals surface area contributed by atoms with E-state index >= 15 is 4.39 Å². The van der Waals surface area contributed by atoms with Gasteiger partial charge in [-0.25, -0.2) is 30.6 Å². The summed E-state index contributed by atoms with van der Waals surface area (Å²) in [6.07, 6.45) is 0.233. The van der Waals surface area contributed by atoms with Crippen LogP contribution in [0.4, 0.5) is 8.78 Å². The maximum atomic E-state index is 15.2. The van der Waals surface area contributed by atoms with Crippen LogP contribution in [0.3, 0.4) is 0 Å². The molecule has 0 radical (unpaired) electrons. The maximum absolute atomic E-state index is 15.2. The summed E-state index contributed by atoms with van der Waals surface area (Å²) in [7, 11) is -7.90. The number of fused-ring (bicyclic) bond motifs is 3. The van der Waals surface area contributed by atoms with Gasteiger partial charge in [0.15, 0.2) is 21.4 Å². The number of hydrazine groups is 1. The van der Waals surface area contributed by atoms with Crippen LogP contribution in [-0.2, 0) is 24.6 Å². The molecule has 7 nitrogen and oxygen atoms in total. The maximum Gasteiger partial charge on any atom is 0.224 e. The Hall–Kier alpha value is -1.79.